The van der Waals surface area contributed by atoms with Crippen molar-refractivity contribution in [3.05, 3.63) is 70.6 Å². The van der Waals surface area contributed by atoms with Crippen molar-refractivity contribution in [2.45, 2.75) is 0 Å². The second kappa shape index (κ2) is 6.44. The van der Waals surface area contributed by atoms with Crippen LogP contribution in [0.25, 0.3) is 17.0 Å². The number of hydrazone groups is 1. The number of hydrogen-bond donors (Lipinski definition) is 1. The van der Waals surface area contributed by atoms with Crippen molar-refractivity contribution in [3.63, 3.8) is 0 Å². The monoisotopic (exact) mass is 429 g/mol. The zero-order chi connectivity index (χ0) is 16.4. The largest absolute Gasteiger partial charge is 0.444 e. The number of hydrogen-bond acceptors (Lipinski definition) is 5. The standard InChI is InChI=1S/C17H12IN5O/c18-13-3-6-17-21-15(10-23(17)9-13)7-20-22-14-4-1-12(2-5-14)16-8-19-11-24-16/h1-11,22H. The number of nitrogens with zero attached hydrogens (tertiary/aromatic N) is 4. The molecule has 0 aliphatic rings. The average Bonchev–Trinajstić information content (AvgIpc) is 3.24. The Morgan fingerprint density at radius 1 is 1.12 bits per heavy atom. The fourth-order valence-corrected chi connectivity index (χ4v) is 2.77. The van der Waals surface area contributed by atoms with Gasteiger partial charge < -0.3 is 8.82 Å². The molecule has 0 bridgehead atoms. The number of nitrogens with one attached hydrogen (secondary N) is 1. The summed E-state index contributed by atoms with van der Waals surface area (Å²) in [5.41, 5.74) is 6.54. The highest BCUT2D eigenvalue weighted by molar-refractivity contribution is 14.1. The molecular weight excluding hydrogens is 417 g/mol. The topological polar surface area (TPSA) is 67.7 Å². The molecule has 7 heteroatoms. The van der Waals surface area contributed by atoms with Crippen LogP contribution in [0.3, 0.4) is 0 Å². The summed E-state index contributed by atoms with van der Waals surface area (Å²) in [5.74, 6) is 0.740. The minimum atomic E-state index is 0.740. The smallest absolute Gasteiger partial charge is 0.181 e. The Bertz CT molecular complexity index is 990. The predicted octanol–water partition coefficient (Wildman–Crippen LogP) is 4.04. The minimum absolute atomic E-state index is 0.740. The molecule has 24 heavy (non-hydrogen) atoms. The first kappa shape index (κ1) is 14.9. The van der Waals surface area contributed by atoms with Gasteiger partial charge >= 0.3 is 0 Å². The van der Waals surface area contributed by atoms with Gasteiger partial charge in [0.2, 0.25) is 0 Å². The van der Waals surface area contributed by atoms with E-state index in [9.17, 15) is 0 Å². The summed E-state index contributed by atoms with van der Waals surface area (Å²) in [6.45, 7) is 0. The van der Waals surface area contributed by atoms with Crippen LogP contribution in [0.2, 0.25) is 0 Å². The molecule has 4 rings (SSSR count). The Hall–Kier alpha value is -2.68. The van der Waals surface area contributed by atoms with Gasteiger partial charge in [0.15, 0.2) is 12.2 Å². The number of benzene rings is 1. The summed E-state index contributed by atoms with van der Waals surface area (Å²) in [6, 6.07) is 11.8. The summed E-state index contributed by atoms with van der Waals surface area (Å²) in [4.78, 5) is 8.40. The van der Waals surface area contributed by atoms with Crippen LogP contribution in [-0.2, 0) is 0 Å². The maximum Gasteiger partial charge on any atom is 0.181 e. The highest BCUT2D eigenvalue weighted by Gasteiger charge is 2.01. The molecule has 0 amide bonds. The number of anilines is 1. The molecule has 1 aromatic carbocycles. The fourth-order valence-electron chi connectivity index (χ4n) is 2.29. The third-order valence-electron chi connectivity index (χ3n) is 3.43. The Balaban J connectivity index is 1.46. The van der Waals surface area contributed by atoms with Crippen molar-refractivity contribution < 1.29 is 4.42 Å². The summed E-state index contributed by atoms with van der Waals surface area (Å²) in [6.07, 6.45) is 8.77. The first-order valence-corrected chi connectivity index (χ1v) is 8.28. The Labute approximate surface area is 151 Å². The lowest BCUT2D eigenvalue weighted by atomic mass is 10.2. The first-order valence-electron chi connectivity index (χ1n) is 7.20. The lowest BCUT2D eigenvalue weighted by molar-refractivity contribution is 0.572. The molecule has 0 saturated heterocycles. The molecule has 0 saturated carbocycles. The number of aromatic nitrogens is 3. The molecule has 3 aromatic heterocycles. The van der Waals surface area contributed by atoms with E-state index in [0.29, 0.717) is 0 Å². The van der Waals surface area contributed by atoms with E-state index in [1.807, 2.05) is 53.2 Å². The highest BCUT2D eigenvalue weighted by atomic mass is 127. The van der Waals surface area contributed by atoms with Gasteiger partial charge in [0, 0.05) is 21.5 Å². The fraction of sp³-hybridized carbons (Fsp3) is 0. The SMILES string of the molecule is Ic1ccc2nc(C=NNc3ccc(-c4cnco4)cc3)cn2c1. The van der Waals surface area contributed by atoms with Gasteiger partial charge in [0.05, 0.1) is 18.1 Å². The van der Waals surface area contributed by atoms with Crippen molar-refractivity contribution in [1.82, 2.24) is 14.4 Å². The molecule has 0 fully saturated rings. The van der Waals surface area contributed by atoms with Gasteiger partial charge in [0.1, 0.15) is 11.3 Å². The van der Waals surface area contributed by atoms with Crippen LogP contribution in [0.5, 0.6) is 0 Å². The van der Waals surface area contributed by atoms with Gasteiger partial charge in [0.25, 0.3) is 0 Å². The molecule has 0 aliphatic carbocycles. The molecule has 4 aromatic rings. The van der Waals surface area contributed by atoms with Gasteiger partial charge in [-0.05, 0) is 59.0 Å². The number of rotatable bonds is 4. The van der Waals surface area contributed by atoms with Crippen LogP contribution in [0.15, 0.2) is 70.9 Å². The summed E-state index contributed by atoms with van der Waals surface area (Å²) in [5, 5.41) is 4.23. The van der Waals surface area contributed by atoms with Crippen LogP contribution in [0.4, 0.5) is 5.69 Å². The number of halogens is 1. The Kier molecular flexibility index (Phi) is 3.99. The van der Waals surface area contributed by atoms with Crippen LogP contribution in [0.1, 0.15) is 5.69 Å². The first-order chi connectivity index (χ1) is 11.8. The van der Waals surface area contributed by atoms with Crippen molar-refractivity contribution in [3.8, 4) is 11.3 Å². The molecule has 0 radical (unpaired) electrons. The highest BCUT2D eigenvalue weighted by Crippen LogP contribution is 2.20. The molecule has 0 aliphatic heterocycles. The van der Waals surface area contributed by atoms with E-state index < -0.39 is 0 Å². The lowest BCUT2D eigenvalue weighted by Crippen LogP contribution is -1.90. The van der Waals surface area contributed by atoms with Gasteiger partial charge in [-0.1, -0.05) is 0 Å². The third-order valence-corrected chi connectivity index (χ3v) is 4.06. The zero-order valence-electron chi connectivity index (χ0n) is 12.4. The van der Waals surface area contributed by atoms with E-state index in [1.54, 1.807) is 12.4 Å². The number of pyridine rings is 1. The molecule has 118 valence electrons. The van der Waals surface area contributed by atoms with E-state index in [0.717, 1.165) is 31.9 Å². The van der Waals surface area contributed by atoms with Crippen molar-refractivity contribution >= 4 is 40.1 Å². The molecule has 6 nitrogen and oxygen atoms in total. The second-order valence-electron chi connectivity index (χ2n) is 5.09. The second-order valence-corrected chi connectivity index (χ2v) is 6.34. The molecule has 0 atom stereocenters. The van der Waals surface area contributed by atoms with Crippen LogP contribution < -0.4 is 5.43 Å². The van der Waals surface area contributed by atoms with Crippen molar-refractivity contribution in [1.29, 1.82) is 0 Å². The molecule has 0 spiro atoms. The average molecular weight is 429 g/mol. The van der Waals surface area contributed by atoms with E-state index in [-0.39, 0.29) is 0 Å². The summed E-state index contributed by atoms with van der Waals surface area (Å²) >= 11 is 2.27. The zero-order valence-corrected chi connectivity index (χ0v) is 14.6. The van der Waals surface area contributed by atoms with E-state index in [4.69, 9.17) is 4.42 Å². The van der Waals surface area contributed by atoms with Gasteiger partial charge in [-0.2, -0.15) is 5.10 Å². The van der Waals surface area contributed by atoms with Crippen LogP contribution >= 0.6 is 22.6 Å². The number of fused-ring (bicyclic) bond motifs is 1. The normalized spacial score (nSPS) is 11.4. The van der Waals surface area contributed by atoms with Gasteiger partial charge in [-0.15, -0.1) is 0 Å². The minimum Gasteiger partial charge on any atom is -0.444 e. The van der Waals surface area contributed by atoms with E-state index in [1.165, 1.54) is 6.39 Å². The summed E-state index contributed by atoms with van der Waals surface area (Å²) < 4.78 is 8.40. The third kappa shape index (κ3) is 3.16. The maximum absolute atomic E-state index is 5.26. The van der Waals surface area contributed by atoms with E-state index in [2.05, 4.69) is 43.1 Å². The van der Waals surface area contributed by atoms with Gasteiger partial charge in [-0.3, -0.25) is 5.43 Å². The van der Waals surface area contributed by atoms with Crippen molar-refractivity contribution in [2.75, 3.05) is 5.43 Å². The Morgan fingerprint density at radius 3 is 2.79 bits per heavy atom. The van der Waals surface area contributed by atoms with E-state index >= 15 is 0 Å². The van der Waals surface area contributed by atoms with Crippen LogP contribution in [-0.4, -0.2) is 20.6 Å². The quantitative estimate of drug-likeness (QED) is 0.302. The molecule has 0 unspecified atom stereocenters. The van der Waals surface area contributed by atoms with Crippen LogP contribution in [0, 0.1) is 3.57 Å². The Morgan fingerprint density at radius 2 is 2.00 bits per heavy atom. The number of imidazole rings is 1. The van der Waals surface area contributed by atoms with Gasteiger partial charge in [-0.25, -0.2) is 9.97 Å². The molecular formula is C17H12IN5O. The van der Waals surface area contributed by atoms with Crippen molar-refractivity contribution in [2.24, 2.45) is 5.10 Å². The summed E-state index contributed by atoms with van der Waals surface area (Å²) in [7, 11) is 0. The lowest BCUT2D eigenvalue weighted by Gasteiger charge is -2.00. The molecule has 1 N–H and O–H groups in total. The maximum atomic E-state index is 5.26. The predicted molar refractivity (Wildman–Crippen MR) is 101 cm³/mol. The molecule has 3 heterocycles. The number of oxazole rings is 1.